The van der Waals surface area contributed by atoms with Crippen molar-refractivity contribution in [2.24, 2.45) is 0 Å². The van der Waals surface area contributed by atoms with Gasteiger partial charge in [-0.1, -0.05) is 42.5 Å². The van der Waals surface area contributed by atoms with Crippen molar-refractivity contribution in [2.75, 3.05) is 13.1 Å². The average Bonchev–Trinajstić information content (AvgIpc) is 3.11. The summed E-state index contributed by atoms with van der Waals surface area (Å²) in [7, 11) is -3.57. The summed E-state index contributed by atoms with van der Waals surface area (Å²) >= 11 is 1.03. The van der Waals surface area contributed by atoms with Crippen LogP contribution in [0, 0.1) is 0 Å². The maximum atomic E-state index is 13.0. The Bertz CT molecular complexity index is 1010. The number of hydrogen-bond donors (Lipinski definition) is 0. The second kappa shape index (κ2) is 6.08. The first kappa shape index (κ1) is 15.4. The number of fused-ring (bicyclic) bond motifs is 1. The number of aromatic nitrogens is 2. The minimum atomic E-state index is -3.57. The molecule has 4 rings (SSSR count). The second-order valence-corrected chi connectivity index (χ2v) is 8.03. The van der Waals surface area contributed by atoms with Crippen LogP contribution in [0.4, 0.5) is 0 Å². The third-order valence-corrected chi connectivity index (χ3v) is 6.62. The molecule has 0 saturated heterocycles. The first-order valence-corrected chi connectivity index (χ1v) is 9.79. The molecule has 0 amide bonds. The summed E-state index contributed by atoms with van der Waals surface area (Å²) in [5.41, 5.74) is 3.43. The van der Waals surface area contributed by atoms with E-state index < -0.39 is 10.0 Å². The lowest BCUT2D eigenvalue weighted by atomic mass is 10.0. The van der Waals surface area contributed by atoms with Crippen LogP contribution < -0.4 is 0 Å². The van der Waals surface area contributed by atoms with Gasteiger partial charge in [0.05, 0.1) is 11.7 Å². The molecule has 2 heterocycles. The molecular weight excluding hydrogens is 342 g/mol. The molecule has 0 atom stereocenters. The molecule has 0 radical (unpaired) electrons. The largest absolute Gasteiger partial charge is 0.245 e. The Hall–Kier alpha value is -2.09. The van der Waals surface area contributed by atoms with Gasteiger partial charge in [0.25, 0.3) is 0 Å². The summed E-state index contributed by atoms with van der Waals surface area (Å²) < 4.78 is 35.7. The van der Waals surface area contributed by atoms with Gasteiger partial charge in [0.2, 0.25) is 10.0 Å². The highest BCUT2D eigenvalue weighted by Gasteiger charge is 2.28. The Morgan fingerprint density at radius 1 is 1.00 bits per heavy atom. The molecule has 0 N–H and O–H groups in total. The third kappa shape index (κ3) is 2.64. The minimum absolute atomic E-state index is 0.241. The van der Waals surface area contributed by atoms with Crippen molar-refractivity contribution in [3.8, 4) is 0 Å². The molecule has 0 spiro atoms. The van der Waals surface area contributed by atoms with Crippen molar-refractivity contribution in [2.45, 2.75) is 11.3 Å². The fourth-order valence-corrected chi connectivity index (χ4v) is 5.04. The van der Waals surface area contributed by atoms with Crippen molar-refractivity contribution in [1.29, 1.82) is 0 Å². The van der Waals surface area contributed by atoms with Gasteiger partial charge >= 0.3 is 0 Å². The van der Waals surface area contributed by atoms with E-state index in [2.05, 4.69) is 20.9 Å². The fraction of sp³-hybridized carbons (Fsp3) is 0.176. The maximum Gasteiger partial charge on any atom is 0.245 e. The standard InChI is InChI=1S/C17H15N3O2S2/c21-24(22,16-8-4-7-15-17(16)19-23-18-15)20-11-9-14(10-12-20)13-5-2-1-3-6-13/h1-9H,10-12H2. The first-order valence-electron chi connectivity index (χ1n) is 7.62. The molecule has 1 aliphatic heterocycles. The van der Waals surface area contributed by atoms with E-state index in [0.717, 1.165) is 17.3 Å². The smallest absolute Gasteiger partial charge is 0.207 e. The third-order valence-electron chi connectivity index (χ3n) is 4.18. The van der Waals surface area contributed by atoms with E-state index in [4.69, 9.17) is 0 Å². The molecule has 24 heavy (non-hydrogen) atoms. The zero-order valence-electron chi connectivity index (χ0n) is 12.8. The van der Waals surface area contributed by atoms with Crippen LogP contribution >= 0.6 is 11.7 Å². The van der Waals surface area contributed by atoms with Crippen molar-refractivity contribution < 1.29 is 8.42 Å². The van der Waals surface area contributed by atoms with Gasteiger partial charge in [0.1, 0.15) is 15.9 Å². The Labute approximate surface area is 144 Å². The van der Waals surface area contributed by atoms with Gasteiger partial charge in [-0.2, -0.15) is 13.1 Å². The molecule has 1 aliphatic rings. The number of nitrogens with zero attached hydrogens (tertiary/aromatic N) is 3. The van der Waals surface area contributed by atoms with E-state index in [-0.39, 0.29) is 4.90 Å². The molecule has 0 saturated carbocycles. The van der Waals surface area contributed by atoms with E-state index in [1.165, 1.54) is 9.88 Å². The molecule has 3 aromatic rings. The van der Waals surface area contributed by atoms with Crippen molar-refractivity contribution in [3.05, 3.63) is 60.2 Å². The van der Waals surface area contributed by atoms with Crippen LogP contribution in [0.3, 0.4) is 0 Å². The predicted octanol–water partition coefficient (Wildman–Crippen LogP) is 3.17. The van der Waals surface area contributed by atoms with E-state index in [0.29, 0.717) is 30.5 Å². The first-order chi connectivity index (χ1) is 11.7. The monoisotopic (exact) mass is 357 g/mol. The molecule has 0 bridgehead atoms. The number of benzene rings is 2. The molecule has 0 aliphatic carbocycles. The van der Waals surface area contributed by atoms with Crippen LogP contribution in [0.5, 0.6) is 0 Å². The molecule has 7 heteroatoms. The van der Waals surface area contributed by atoms with Gasteiger partial charge < -0.3 is 0 Å². The zero-order chi connectivity index (χ0) is 16.6. The second-order valence-electron chi connectivity index (χ2n) is 5.60. The molecule has 0 unspecified atom stereocenters. The highest BCUT2D eigenvalue weighted by molar-refractivity contribution is 7.89. The molecule has 5 nitrogen and oxygen atoms in total. The van der Waals surface area contributed by atoms with Gasteiger partial charge in [-0.15, -0.1) is 0 Å². The van der Waals surface area contributed by atoms with Gasteiger partial charge in [0, 0.05) is 13.1 Å². The zero-order valence-corrected chi connectivity index (χ0v) is 14.4. The lowest BCUT2D eigenvalue weighted by Crippen LogP contribution is -2.34. The van der Waals surface area contributed by atoms with Crippen LogP contribution in [0.1, 0.15) is 12.0 Å². The van der Waals surface area contributed by atoms with Crippen LogP contribution in [0.2, 0.25) is 0 Å². The molecule has 2 aromatic carbocycles. The van der Waals surface area contributed by atoms with Gasteiger partial charge in [-0.25, -0.2) is 8.42 Å². The fourth-order valence-electron chi connectivity index (χ4n) is 2.91. The molecule has 122 valence electrons. The van der Waals surface area contributed by atoms with Gasteiger partial charge in [-0.05, 0) is 29.7 Å². The Morgan fingerprint density at radius 2 is 1.83 bits per heavy atom. The molecule has 0 fully saturated rings. The number of sulfonamides is 1. The average molecular weight is 357 g/mol. The topological polar surface area (TPSA) is 63.2 Å². The predicted molar refractivity (Wildman–Crippen MR) is 95.2 cm³/mol. The minimum Gasteiger partial charge on any atom is -0.207 e. The number of hydrogen-bond acceptors (Lipinski definition) is 5. The highest BCUT2D eigenvalue weighted by atomic mass is 32.2. The Kier molecular flexibility index (Phi) is 3.91. The Balaban J connectivity index is 1.65. The van der Waals surface area contributed by atoms with E-state index in [9.17, 15) is 8.42 Å². The van der Waals surface area contributed by atoms with Crippen LogP contribution in [-0.2, 0) is 10.0 Å². The van der Waals surface area contributed by atoms with E-state index in [1.807, 2.05) is 24.3 Å². The SMILES string of the molecule is O=S(=O)(c1cccc2nsnc12)N1CC=C(c2ccccc2)CC1. The summed E-state index contributed by atoms with van der Waals surface area (Å²) in [6.07, 6.45) is 2.70. The quantitative estimate of drug-likeness (QED) is 0.722. The number of rotatable bonds is 3. The molecular formula is C17H15N3O2S2. The summed E-state index contributed by atoms with van der Waals surface area (Å²) in [5.74, 6) is 0. The summed E-state index contributed by atoms with van der Waals surface area (Å²) in [6.45, 7) is 0.845. The molecule has 1 aromatic heterocycles. The highest BCUT2D eigenvalue weighted by Crippen LogP contribution is 2.28. The van der Waals surface area contributed by atoms with Crippen molar-refractivity contribution >= 4 is 38.4 Å². The Morgan fingerprint density at radius 3 is 2.58 bits per heavy atom. The van der Waals surface area contributed by atoms with Gasteiger partial charge in [-0.3, -0.25) is 0 Å². The van der Waals surface area contributed by atoms with Gasteiger partial charge in [0.15, 0.2) is 0 Å². The summed E-state index contributed by atoms with van der Waals surface area (Å²) in [6, 6.07) is 15.2. The maximum absolute atomic E-state index is 13.0. The lowest BCUT2D eigenvalue weighted by molar-refractivity contribution is 0.442. The van der Waals surface area contributed by atoms with Crippen LogP contribution in [0.25, 0.3) is 16.6 Å². The van der Waals surface area contributed by atoms with Crippen LogP contribution in [-0.4, -0.2) is 34.6 Å². The van der Waals surface area contributed by atoms with E-state index >= 15 is 0 Å². The summed E-state index contributed by atoms with van der Waals surface area (Å²) in [5, 5.41) is 0. The normalized spacial score (nSPS) is 16.2. The van der Waals surface area contributed by atoms with Crippen LogP contribution in [0.15, 0.2) is 59.5 Å². The lowest BCUT2D eigenvalue weighted by Gasteiger charge is -2.26. The van der Waals surface area contributed by atoms with Crippen molar-refractivity contribution in [1.82, 2.24) is 13.1 Å². The summed E-state index contributed by atoms with van der Waals surface area (Å²) in [4.78, 5) is 0.241. The van der Waals surface area contributed by atoms with Crippen molar-refractivity contribution in [3.63, 3.8) is 0 Å². The van der Waals surface area contributed by atoms with E-state index in [1.54, 1.807) is 18.2 Å².